The van der Waals surface area contributed by atoms with E-state index >= 15 is 0 Å². The standard InChI is InChI=1S/C7H12O2/c8-6-2-4-1-5(6)3-7(4)9/h4-9H,1-3H2/t4-,5+,6-,7-/m1/s1. The van der Waals surface area contributed by atoms with Crippen molar-refractivity contribution < 1.29 is 10.2 Å². The van der Waals surface area contributed by atoms with Crippen LogP contribution in [0.15, 0.2) is 0 Å². The Kier molecular flexibility index (Phi) is 1.08. The summed E-state index contributed by atoms with van der Waals surface area (Å²) < 4.78 is 0. The fourth-order valence-corrected chi connectivity index (χ4v) is 2.21. The van der Waals surface area contributed by atoms with Gasteiger partial charge in [0.1, 0.15) is 0 Å². The van der Waals surface area contributed by atoms with E-state index in [4.69, 9.17) is 0 Å². The van der Waals surface area contributed by atoms with Crippen molar-refractivity contribution in [3.05, 3.63) is 0 Å². The van der Waals surface area contributed by atoms with Gasteiger partial charge in [-0.2, -0.15) is 0 Å². The van der Waals surface area contributed by atoms with Crippen LogP contribution in [0.25, 0.3) is 0 Å². The highest BCUT2D eigenvalue weighted by molar-refractivity contribution is 4.95. The van der Waals surface area contributed by atoms with E-state index in [-0.39, 0.29) is 12.2 Å². The van der Waals surface area contributed by atoms with Crippen molar-refractivity contribution in [2.45, 2.75) is 31.5 Å². The van der Waals surface area contributed by atoms with Crippen molar-refractivity contribution in [2.75, 3.05) is 0 Å². The molecule has 4 atom stereocenters. The molecule has 0 radical (unpaired) electrons. The SMILES string of the molecule is O[C@@H]1C[C@@H]2C[C@@H]1C[C@H]2O. The van der Waals surface area contributed by atoms with Crippen molar-refractivity contribution in [2.24, 2.45) is 11.8 Å². The smallest absolute Gasteiger partial charge is 0.0573 e. The first-order valence-electron chi connectivity index (χ1n) is 3.63. The molecule has 2 aliphatic rings. The summed E-state index contributed by atoms with van der Waals surface area (Å²) in [5.74, 6) is 0.843. The Morgan fingerprint density at radius 2 is 1.22 bits per heavy atom. The van der Waals surface area contributed by atoms with E-state index in [9.17, 15) is 10.2 Å². The molecule has 2 heteroatoms. The highest BCUT2D eigenvalue weighted by Gasteiger charge is 2.44. The second-order valence-electron chi connectivity index (χ2n) is 3.36. The average molecular weight is 128 g/mol. The number of aliphatic hydroxyl groups is 2. The molecule has 0 aromatic carbocycles. The van der Waals surface area contributed by atoms with Crippen LogP contribution in [-0.4, -0.2) is 22.4 Å². The molecule has 2 N–H and O–H groups in total. The lowest BCUT2D eigenvalue weighted by Crippen LogP contribution is -2.24. The van der Waals surface area contributed by atoms with Gasteiger partial charge in [0.2, 0.25) is 0 Å². The lowest BCUT2D eigenvalue weighted by atomic mass is 9.95. The molecular formula is C7H12O2. The molecule has 9 heavy (non-hydrogen) atoms. The second-order valence-corrected chi connectivity index (χ2v) is 3.36. The van der Waals surface area contributed by atoms with E-state index in [1.165, 1.54) is 0 Å². The molecule has 0 aliphatic heterocycles. The summed E-state index contributed by atoms with van der Waals surface area (Å²) in [6.07, 6.45) is 2.54. The molecule has 2 nitrogen and oxygen atoms in total. The molecule has 0 aromatic heterocycles. The number of hydrogen-bond acceptors (Lipinski definition) is 2. The Morgan fingerprint density at radius 1 is 0.778 bits per heavy atom. The first-order chi connectivity index (χ1) is 4.27. The zero-order valence-electron chi connectivity index (χ0n) is 5.33. The molecule has 52 valence electrons. The summed E-state index contributed by atoms with van der Waals surface area (Å²) in [7, 11) is 0. The highest BCUT2D eigenvalue weighted by Crippen LogP contribution is 2.44. The van der Waals surface area contributed by atoms with Crippen LogP contribution in [0.1, 0.15) is 19.3 Å². The predicted molar refractivity (Wildman–Crippen MR) is 32.8 cm³/mol. The van der Waals surface area contributed by atoms with E-state index in [1.807, 2.05) is 0 Å². The molecule has 0 amide bonds. The molecular weight excluding hydrogens is 116 g/mol. The fraction of sp³-hybridized carbons (Fsp3) is 1.00. The Hall–Kier alpha value is -0.0800. The van der Waals surface area contributed by atoms with Gasteiger partial charge in [0.05, 0.1) is 12.2 Å². The van der Waals surface area contributed by atoms with Gasteiger partial charge in [-0.3, -0.25) is 0 Å². The summed E-state index contributed by atoms with van der Waals surface area (Å²) in [5.41, 5.74) is 0. The Balaban J connectivity index is 2.10. The monoisotopic (exact) mass is 128 g/mol. The van der Waals surface area contributed by atoms with E-state index in [0.717, 1.165) is 19.3 Å². The van der Waals surface area contributed by atoms with Crippen LogP contribution in [0.4, 0.5) is 0 Å². The van der Waals surface area contributed by atoms with Gasteiger partial charge in [0.25, 0.3) is 0 Å². The van der Waals surface area contributed by atoms with Crippen molar-refractivity contribution in [3.63, 3.8) is 0 Å². The third-order valence-electron chi connectivity index (χ3n) is 2.78. The van der Waals surface area contributed by atoms with Crippen LogP contribution >= 0.6 is 0 Å². The van der Waals surface area contributed by atoms with Crippen LogP contribution in [0.3, 0.4) is 0 Å². The summed E-state index contributed by atoms with van der Waals surface area (Å²) in [4.78, 5) is 0. The minimum Gasteiger partial charge on any atom is -0.393 e. The minimum absolute atomic E-state index is 0.0987. The summed E-state index contributed by atoms with van der Waals surface area (Å²) in [6, 6.07) is 0. The number of rotatable bonds is 0. The van der Waals surface area contributed by atoms with Gasteiger partial charge >= 0.3 is 0 Å². The lowest BCUT2D eigenvalue weighted by molar-refractivity contribution is 0.0447. The van der Waals surface area contributed by atoms with Gasteiger partial charge in [0, 0.05) is 0 Å². The molecule has 0 spiro atoms. The zero-order chi connectivity index (χ0) is 6.43. The molecule has 2 aliphatic carbocycles. The van der Waals surface area contributed by atoms with Gasteiger partial charge in [-0.25, -0.2) is 0 Å². The van der Waals surface area contributed by atoms with Crippen LogP contribution in [0.2, 0.25) is 0 Å². The Morgan fingerprint density at radius 3 is 1.44 bits per heavy atom. The Labute approximate surface area is 54.5 Å². The number of fused-ring (bicyclic) bond motifs is 2. The van der Waals surface area contributed by atoms with E-state index in [0.29, 0.717) is 11.8 Å². The minimum atomic E-state index is -0.0987. The van der Waals surface area contributed by atoms with E-state index in [2.05, 4.69) is 0 Å². The van der Waals surface area contributed by atoms with E-state index < -0.39 is 0 Å². The first-order valence-corrected chi connectivity index (χ1v) is 3.63. The quantitative estimate of drug-likeness (QED) is 0.487. The number of aliphatic hydroxyl groups excluding tert-OH is 2. The van der Waals surface area contributed by atoms with Gasteiger partial charge < -0.3 is 10.2 Å². The first kappa shape index (κ1) is 5.69. The number of hydrogen-bond donors (Lipinski definition) is 2. The van der Waals surface area contributed by atoms with Crippen molar-refractivity contribution in [3.8, 4) is 0 Å². The normalized spacial score (nSPS) is 56.7. The largest absolute Gasteiger partial charge is 0.393 e. The molecule has 0 aromatic rings. The van der Waals surface area contributed by atoms with Crippen LogP contribution < -0.4 is 0 Å². The molecule has 2 bridgehead atoms. The highest BCUT2D eigenvalue weighted by atomic mass is 16.3. The summed E-state index contributed by atoms with van der Waals surface area (Å²) in [6.45, 7) is 0. The van der Waals surface area contributed by atoms with Crippen LogP contribution in [-0.2, 0) is 0 Å². The van der Waals surface area contributed by atoms with Gasteiger partial charge in [-0.05, 0) is 31.1 Å². The molecule has 0 heterocycles. The second kappa shape index (κ2) is 1.70. The maximum Gasteiger partial charge on any atom is 0.0573 e. The lowest BCUT2D eigenvalue weighted by Gasteiger charge is -2.19. The van der Waals surface area contributed by atoms with E-state index in [1.54, 1.807) is 0 Å². The van der Waals surface area contributed by atoms with Crippen molar-refractivity contribution in [1.29, 1.82) is 0 Å². The molecule has 2 rings (SSSR count). The summed E-state index contributed by atoms with van der Waals surface area (Å²) >= 11 is 0. The predicted octanol–water partition coefficient (Wildman–Crippen LogP) is 0.138. The van der Waals surface area contributed by atoms with Crippen molar-refractivity contribution >= 4 is 0 Å². The fourth-order valence-electron chi connectivity index (χ4n) is 2.21. The third kappa shape index (κ3) is 0.700. The third-order valence-corrected chi connectivity index (χ3v) is 2.78. The van der Waals surface area contributed by atoms with Gasteiger partial charge in [0.15, 0.2) is 0 Å². The average Bonchev–Trinajstić information content (AvgIpc) is 2.24. The molecule has 0 saturated heterocycles. The van der Waals surface area contributed by atoms with Crippen molar-refractivity contribution in [1.82, 2.24) is 0 Å². The maximum absolute atomic E-state index is 9.23. The molecule has 0 unspecified atom stereocenters. The van der Waals surface area contributed by atoms with Crippen LogP contribution in [0.5, 0.6) is 0 Å². The topological polar surface area (TPSA) is 40.5 Å². The van der Waals surface area contributed by atoms with Crippen LogP contribution in [0, 0.1) is 11.8 Å². The summed E-state index contributed by atoms with van der Waals surface area (Å²) in [5, 5.41) is 18.5. The zero-order valence-corrected chi connectivity index (χ0v) is 5.33. The Bertz CT molecular complexity index is 106. The molecule has 2 fully saturated rings. The maximum atomic E-state index is 9.23. The van der Waals surface area contributed by atoms with Gasteiger partial charge in [-0.1, -0.05) is 0 Å². The van der Waals surface area contributed by atoms with Gasteiger partial charge in [-0.15, -0.1) is 0 Å². The molecule has 2 saturated carbocycles.